The molecule has 0 saturated carbocycles. The predicted octanol–water partition coefficient (Wildman–Crippen LogP) is 4.10. The number of rotatable bonds is 4. The number of aryl methyl sites for hydroxylation is 1. The molecule has 0 bridgehead atoms. The van der Waals surface area contributed by atoms with Gasteiger partial charge in [0.05, 0.1) is 4.91 Å². The molecular weight excluding hydrogens is 386 g/mol. The number of carbonyl (C=O) groups is 3. The van der Waals surface area contributed by atoms with Gasteiger partial charge in [-0.2, -0.15) is 0 Å². The molecule has 1 aromatic heterocycles. The van der Waals surface area contributed by atoms with E-state index >= 15 is 0 Å². The molecule has 0 atom stereocenters. The Hall–Kier alpha value is -2.54. The molecule has 2 aliphatic heterocycles. The molecule has 0 unspecified atom stereocenters. The van der Waals surface area contributed by atoms with Gasteiger partial charge in [-0.3, -0.25) is 19.3 Å². The van der Waals surface area contributed by atoms with E-state index in [-0.39, 0.29) is 23.6 Å². The van der Waals surface area contributed by atoms with Gasteiger partial charge in [0.15, 0.2) is 0 Å². The van der Waals surface area contributed by atoms with Crippen LogP contribution in [0.3, 0.4) is 0 Å². The molecule has 4 rings (SSSR count). The summed E-state index contributed by atoms with van der Waals surface area (Å²) in [6, 6.07) is 8.01. The number of likely N-dealkylation sites (tertiary alicyclic amines) is 1. The van der Waals surface area contributed by atoms with Crippen molar-refractivity contribution < 1.29 is 14.4 Å². The van der Waals surface area contributed by atoms with Crippen LogP contribution in [0.5, 0.6) is 0 Å². The van der Waals surface area contributed by atoms with Crippen LogP contribution in [0.4, 0.5) is 4.79 Å². The summed E-state index contributed by atoms with van der Waals surface area (Å²) >= 11 is 0.913. The highest BCUT2D eigenvalue weighted by Crippen LogP contribution is 2.34. The third kappa shape index (κ3) is 3.96. The first-order valence-electron chi connectivity index (χ1n) is 10.2. The van der Waals surface area contributed by atoms with Gasteiger partial charge < -0.3 is 9.47 Å². The van der Waals surface area contributed by atoms with E-state index in [1.54, 1.807) is 11.0 Å². The van der Waals surface area contributed by atoms with Crippen LogP contribution in [0.25, 0.3) is 17.0 Å². The lowest BCUT2D eigenvalue weighted by Crippen LogP contribution is -2.42. The van der Waals surface area contributed by atoms with E-state index in [4.69, 9.17) is 0 Å². The van der Waals surface area contributed by atoms with Gasteiger partial charge in [0.25, 0.3) is 11.1 Å². The summed E-state index contributed by atoms with van der Waals surface area (Å²) in [5, 5.41) is 0.672. The van der Waals surface area contributed by atoms with Gasteiger partial charge in [0, 0.05) is 42.3 Å². The fraction of sp³-hybridized carbons (Fsp3) is 0.409. The SMILES string of the molecule is CCn1cc(C=C2SC(=O)N(CC(=O)N3CCCCCC3)C2=O)c2ccccc21. The maximum absolute atomic E-state index is 12.9. The standard InChI is InChI=1S/C22H25N3O3S/c1-2-23-14-16(17-9-5-6-10-18(17)23)13-19-21(27)25(22(28)29-19)15-20(26)24-11-7-3-4-8-12-24/h5-6,9-10,13-14H,2-4,7-8,11-12,15H2,1H3. The van der Waals surface area contributed by atoms with E-state index in [9.17, 15) is 14.4 Å². The van der Waals surface area contributed by atoms with Crippen molar-refractivity contribution in [3.63, 3.8) is 0 Å². The van der Waals surface area contributed by atoms with Gasteiger partial charge in [-0.25, -0.2) is 0 Å². The second-order valence-electron chi connectivity index (χ2n) is 7.45. The van der Waals surface area contributed by atoms with Gasteiger partial charge in [-0.15, -0.1) is 0 Å². The first-order valence-corrected chi connectivity index (χ1v) is 11.0. The Morgan fingerprint density at radius 1 is 1.10 bits per heavy atom. The van der Waals surface area contributed by atoms with Crippen LogP contribution in [0, 0.1) is 0 Å². The van der Waals surface area contributed by atoms with Crippen LogP contribution in [0.15, 0.2) is 35.4 Å². The third-order valence-corrected chi connectivity index (χ3v) is 6.48. The Morgan fingerprint density at radius 2 is 1.83 bits per heavy atom. The quantitative estimate of drug-likeness (QED) is 0.711. The summed E-state index contributed by atoms with van der Waals surface area (Å²) in [5.74, 6) is -0.519. The van der Waals surface area contributed by atoms with Gasteiger partial charge >= 0.3 is 0 Å². The molecule has 2 fully saturated rings. The summed E-state index contributed by atoms with van der Waals surface area (Å²) in [4.78, 5) is 41.2. The number of hydrogen-bond donors (Lipinski definition) is 0. The Labute approximate surface area is 174 Å². The van der Waals surface area contributed by atoms with Crippen molar-refractivity contribution in [1.29, 1.82) is 0 Å². The second-order valence-corrected chi connectivity index (χ2v) is 8.44. The van der Waals surface area contributed by atoms with Gasteiger partial charge in [-0.05, 0) is 43.7 Å². The van der Waals surface area contributed by atoms with E-state index < -0.39 is 0 Å². The lowest BCUT2D eigenvalue weighted by Gasteiger charge is -2.22. The number of thioether (sulfide) groups is 1. The fourth-order valence-corrected chi connectivity index (χ4v) is 4.81. The van der Waals surface area contributed by atoms with E-state index in [1.807, 2.05) is 30.5 Å². The molecule has 7 heteroatoms. The lowest BCUT2D eigenvalue weighted by molar-refractivity contribution is -0.135. The first kappa shape index (κ1) is 19.8. The molecule has 29 heavy (non-hydrogen) atoms. The van der Waals surface area contributed by atoms with Crippen molar-refractivity contribution in [1.82, 2.24) is 14.4 Å². The maximum atomic E-state index is 12.9. The Morgan fingerprint density at radius 3 is 2.55 bits per heavy atom. The molecule has 2 aliphatic rings. The molecule has 0 aliphatic carbocycles. The molecular formula is C22H25N3O3S. The molecule has 1 aromatic carbocycles. The minimum atomic E-state index is -0.378. The molecule has 3 amide bonds. The smallest absolute Gasteiger partial charge is 0.294 e. The number of nitrogens with zero attached hydrogens (tertiary/aromatic N) is 3. The number of hydrogen-bond acceptors (Lipinski definition) is 4. The highest BCUT2D eigenvalue weighted by atomic mass is 32.2. The number of fused-ring (bicyclic) bond motifs is 1. The number of imide groups is 1. The molecule has 6 nitrogen and oxygen atoms in total. The topological polar surface area (TPSA) is 62.6 Å². The largest absolute Gasteiger partial charge is 0.347 e. The highest BCUT2D eigenvalue weighted by Gasteiger charge is 2.37. The van der Waals surface area contributed by atoms with Crippen LogP contribution >= 0.6 is 11.8 Å². The van der Waals surface area contributed by atoms with E-state index in [0.717, 1.165) is 65.4 Å². The van der Waals surface area contributed by atoms with Crippen molar-refractivity contribution >= 4 is 45.8 Å². The van der Waals surface area contributed by atoms with Crippen LogP contribution in [-0.4, -0.2) is 51.1 Å². The van der Waals surface area contributed by atoms with Gasteiger partial charge in [-0.1, -0.05) is 31.0 Å². The zero-order valence-corrected chi connectivity index (χ0v) is 17.4. The number of benzene rings is 1. The predicted molar refractivity (Wildman–Crippen MR) is 115 cm³/mol. The van der Waals surface area contributed by atoms with E-state index in [2.05, 4.69) is 11.5 Å². The van der Waals surface area contributed by atoms with Crippen molar-refractivity contribution in [2.24, 2.45) is 0 Å². The molecule has 2 aromatic rings. The van der Waals surface area contributed by atoms with Crippen molar-refractivity contribution in [3.8, 4) is 0 Å². The van der Waals surface area contributed by atoms with Gasteiger partial charge in [0.1, 0.15) is 6.54 Å². The molecule has 152 valence electrons. The normalized spacial score (nSPS) is 19.4. The van der Waals surface area contributed by atoms with E-state index in [0.29, 0.717) is 18.0 Å². The minimum Gasteiger partial charge on any atom is -0.347 e. The molecule has 0 radical (unpaired) electrons. The minimum absolute atomic E-state index is 0.141. The average Bonchev–Trinajstić information content (AvgIpc) is 3.05. The zero-order valence-electron chi connectivity index (χ0n) is 16.6. The summed E-state index contributed by atoms with van der Waals surface area (Å²) in [5.41, 5.74) is 2.00. The summed E-state index contributed by atoms with van der Waals surface area (Å²) in [6.07, 6.45) is 7.99. The Balaban J connectivity index is 1.54. The number of carbonyl (C=O) groups excluding carboxylic acids is 3. The Kier molecular flexibility index (Phi) is 5.76. The lowest BCUT2D eigenvalue weighted by atomic mass is 10.1. The number of aromatic nitrogens is 1. The maximum Gasteiger partial charge on any atom is 0.294 e. The fourth-order valence-electron chi connectivity index (χ4n) is 3.98. The monoisotopic (exact) mass is 411 g/mol. The molecule has 3 heterocycles. The van der Waals surface area contributed by atoms with Crippen molar-refractivity contribution in [2.45, 2.75) is 39.2 Å². The summed E-state index contributed by atoms with van der Waals surface area (Å²) < 4.78 is 2.12. The first-order chi connectivity index (χ1) is 14.1. The van der Waals surface area contributed by atoms with Gasteiger partial charge in [0.2, 0.25) is 5.91 Å². The summed E-state index contributed by atoms with van der Waals surface area (Å²) in [6.45, 7) is 4.14. The van der Waals surface area contributed by atoms with Crippen LogP contribution in [0.2, 0.25) is 0 Å². The van der Waals surface area contributed by atoms with E-state index in [1.165, 1.54) is 0 Å². The summed E-state index contributed by atoms with van der Waals surface area (Å²) in [7, 11) is 0. The third-order valence-electron chi connectivity index (χ3n) is 5.57. The highest BCUT2D eigenvalue weighted by molar-refractivity contribution is 8.18. The second kappa shape index (κ2) is 8.45. The Bertz CT molecular complexity index is 986. The van der Waals surface area contributed by atoms with Crippen molar-refractivity contribution in [2.75, 3.05) is 19.6 Å². The number of amides is 3. The average molecular weight is 412 g/mol. The molecule has 2 saturated heterocycles. The zero-order chi connectivity index (χ0) is 20.4. The number of para-hydroxylation sites is 1. The molecule has 0 spiro atoms. The molecule has 0 N–H and O–H groups in total. The van der Waals surface area contributed by atoms with Crippen LogP contribution in [0.1, 0.15) is 38.2 Å². The van der Waals surface area contributed by atoms with Crippen molar-refractivity contribution in [3.05, 3.63) is 40.9 Å². The van der Waals surface area contributed by atoms with Crippen LogP contribution < -0.4 is 0 Å². The van der Waals surface area contributed by atoms with Crippen LogP contribution in [-0.2, 0) is 16.1 Å².